The van der Waals surface area contributed by atoms with Crippen LogP contribution in [-0.4, -0.2) is 41.4 Å². The predicted octanol–water partition coefficient (Wildman–Crippen LogP) is 3.85. The third kappa shape index (κ3) is 2.72. The molecule has 0 aromatic rings. The molecule has 0 aliphatic carbocycles. The van der Waals surface area contributed by atoms with Crippen molar-refractivity contribution < 1.29 is 34.8 Å². The molecule has 22 heavy (non-hydrogen) atoms. The van der Waals surface area contributed by atoms with E-state index in [1.165, 1.54) is 27.7 Å². The van der Waals surface area contributed by atoms with Crippen LogP contribution in [-0.2, 0) is 10.0 Å². The fourth-order valence-corrected chi connectivity index (χ4v) is 5.19. The van der Waals surface area contributed by atoms with Crippen LogP contribution in [0.4, 0.5) is 26.3 Å². The van der Waals surface area contributed by atoms with E-state index in [0.29, 0.717) is 6.42 Å². The highest BCUT2D eigenvalue weighted by Crippen LogP contribution is 2.50. The standard InChI is InChI=1S/C12H19F6NO2S/c1-9(2)6-5-7-10(3,4)19(9)22(20,21)12(17,18)11(15,16)8(13)14/h8H,5-7H2,1-4H3. The van der Waals surface area contributed by atoms with Crippen molar-refractivity contribution in [3.05, 3.63) is 0 Å². The topological polar surface area (TPSA) is 37.4 Å². The summed E-state index contributed by atoms with van der Waals surface area (Å²) in [6.45, 7) is 5.23. The minimum Gasteiger partial charge on any atom is -0.205 e. The lowest BCUT2D eigenvalue weighted by Gasteiger charge is -2.52. The molecule has 0 atom stereocenters. The monoisotopic (exact) mass is 355 g/mol. The summed E-state index contributed by atoms with van der Waals surface area (Å²) in [6.07, 6.45) is -3.98. The molecule has 0 saturated carbocycles. The molecule has 1 aliphatic rings. The zero-order valence-corrected chi connectivity index (χ0v) is 13.5. The molecule has 132 valence electrons. The van der Waals surface area contributed by atoms with Gasteiger partial charge in [-0.2, -0.15) is 21.9 Å². The Morgan fingerprint density at radius 2 is 1.32 bits per heavy atom. The molecule has 0 spiro atoms. The Hall–Kier alpha value is -0.510. The number of nitrogens with zero attached hydrogens (tertiary/aromatic N) is 1. The first-order chi connectivity index (χ1) is 9.52. The van der Waals surface area contributed by atoms with Gasteiger partial charge >= 0.3 is 17.6 Å². The third-order valence-electron chi connectivity index (χ3n) is 3.90. The van der Waals surface area contributed by atoms with Crippen molar-refractivity contribution in [3.8, 4) is 0 Å². The summed E-state index contributed by atoms with van der Waals surface area (Å²) in [5, 5.41) is -5.90. The zero-order chi connectivity index (χ0) is 17.8. The summed E-state index contributed by atoms with van der Waals surface area (Å²) >= 11 is 0. The molecule has 0 aromatic heterocycles. The maximum Gasteiger partial charge on any atom is 0.426 e. The Morgan fingerprint density at radius 1 is 0.955 bits per heavy atom. The van der Waals surface area contributed by atoms with Crippen molar-refractivity contribution in [2.75, 3.05) is 0 Å². The maximum atomic E-state index is 13.8. The number of halogens is 6. The third-order valence-corrected chi connectivity index (χ3v) is 6.29. The van der Waals surface area contributed by atoms with E-state index in [0.717, 1.165) is 0 Å². The van der Waals surface area contributed by atoms with Gasteiger partial charge < -0.3 is 0 Å². The number of alkyl halides is 6. The van der Waals surface area contributed by atoms with E-state index in [1.54, 1.807) is 0 Å². The van der Waals surface area contributed by atoms with Gasteiger partial charge in [0.15, 0.2) is 0 Å². The quantitative estimate of drug-likeness (QED) is 0.719. The average Bonchev–Trinajstić information content (AvgIpc) is 2.24. The maximum absolute atomic E-state index is 13.8. The molecular weight excluding hydrogens is 336 g/mol. The highest BCUT2D eigenvalue weighted by molar-refractivity contribution is 7.90. The van der Waals surface area contributed by atoms with E-state index < -0.39 is 38.7 Å². The normalized spacial score (nSPS) is 23.8. The summed E-state index contributed by atoms with van der Waals surface area (Å²) in [5.74, 6) is -5.98. The van der Waals surface area contributed by atoms with Crippen LogP contribution in [0.1, 0.15) is 47.0 Å². The molecule has 0 radical (unpaired) electrons. The van der Waals surface area contributed by atoms with Gasteiger partial charge in [0, 0.05) is 11.1 Å². The largest absolute Gasteiger partial charge is 0.426 e. The summed E-state index contributed by atoms with van der Waals surface area (Å²) in [6, 6.07) is 0. The van der Waals surface area contributed by atoms with Gasteiger partial charge in [-0.05, 0) is 47.0 Å². The highest BCUT2D eigenvalue weighted by atomic mass is 32.2. The van der Waals surface area contributed by atoms with Crippen LogP contribution >= 0.6 is 0 Å². The Morgan fingerprint density at radius 3 is 1.64 bits per heavy atom. The number of rotatable bonds is 4. The second-order valence-corrected chi connectivity index (χ2v) is 8.52. The van der Waals surface area contributed by atoms with Crippen molar-refractivity contribution in [1.82, 2.24) is 4.31 Å². The minimum atomic E-state index is -6.01. The zero-order valence-electron chi connectivity index (χ0n) is 12.6. The fourth-order valence-electron chi connectivity index (χ4n) is 3.04. The lowest BCUT2D eigenvalue weighted by atomic mass is 9.83. The van der Waals surface area contributed by atoms with Gasteiger partial charge in [-0.3, -0.25) is 0 Å². The van der Waals surface area contributed by atoms with Gasteiger partial charge in [0.2, 0.25) is 0 Å². The van der Waals surface area contributed by atoms with Crippen molar-refractivity contribution >= 4 is 10.0 Å². The summed E-state index contributed by atoms with van der Waals surface area (Å²) < 4.78 is 103. The van der Waals surface area contributed by atoms with Crippen LogP contribution in [0.3, 0.4) is 0 Å². The molecule has 10 heteroatoms. The molecule has 0 unspecified atom stereocenters. The summed E-state index contributed by atoms with van der Waals surface area (Å²) in [5.41, 5.74) is -2.77. The van der Waals surface area contributed by atoms with E-state index in [1.807, 2.05) is 0 Å². The van der Waals surface area contributed by atoms with Gasteiger partial charge in [-0.25, -0.2) is 17.2 Å². The van der Waals surface area contributed by atoms with Gasteiger partial charge in [-0.15, -0.1) is 0 Å². The second-order valence-electron chi connectivity index (χ2n) is 6.69. The van der Waals surface area contributed by atoms with Crippen LogP contribution in [0.5, 0.6) is 0 Å². The Bertz CT molecular complexity index is 514. The van der Waals surface area contributed by atoms with Gasteiger partial charge in [0.05, 0.1) is 0 Å². The van der Waals surface area contributed by atoms with Crippen LogP contribution < -0.4 is 0 Å². The minimum absolute atomic E-state index is 0.159. The van der Waals surface area contributed by atoms with Crippen LogP contribution in [0.25, 0.3) is 0 Å². The predicted molar refractivity (Wildman–Crippen MR) is 68.7 cm³/mol. The molecule has 1 heterocycles. The van der Waals surface area contributed by atoms with E-state index in [4.69, 9.17) is 0 Å². The van der Waals surface area contributed by atoms with Crippen molar-refractivity contribution in [3.63, 3.8) is 0 Å². The average molecular weight is 355 g/mol. The number of piperidine rings is 1. The first-order valence-electron chi connectivity index (χ1n) is 6.61. The lowest BCUT2D eigenvalue weighted by molar-refractivity contribution is -0.228. The van der Waals surface area contributed by atoms with Crippen LogP contribution in [0.2, 0.25) is 0 Å². The molecule has 0 aromatic carbocycles. The number of hydrogen-bond acceptors (Lipinski definition) is 2. The first kappa shape index (κ1) is 19.5. The second kappa shape index (κ2) is 5.25. The van der Waals surface area contributed by atoms with E-state index in [-0.39, 0.29) is 17.1 Å². The highest BCUT2D eigenvalue weighted by Gasteiger charge is 2.74. The molecule has 1 rings (SSSR count). The molecule has 0 bridgehead atoms. The molecule has 0 amide bonds. The Labute approximate surface area is 125 Å². The molecule has 1 saturated heterocycles. The molecule has 3 nitrogen and oxygen atoms in total. The van der Waals surface area contributed by atoms with E-state index >= 15 is 0 Å². The molecular formula is C12H19F6NO2S. The molecule has 1 fully saturated rings. The molecule has 0 N–H and O–H groups in total. The fraction of sp³-hybridized carbons (Fsp3) is 1.00. The summed E-state index contributed by atoms with van der Waals surface area (Å²) in [7, 11) is -6.01. The Balaban J connectivity index is 3.50. The van der Waals surface area contributed by atoms with Crippen molar-refractivity contribution in [1.29, 1.82) is 0 Å². The van der Waals surface area contributed by atoms with Crippen molar-refractivity contribution in [2.45, 2.75) is 75.6 Å². The van der Waals surface area contributed by atoms with E-state index in [2.05, 4.69) is 0 Å². The Kier molecular flexibility index (Phi) is 4.67. The SMILES string of the molecule is CC1(C)CCCC(C)(C)N1S(=O)(=O)C(F)(F)C(F)(F)C(F)F. The summed E-state index contributed by atoms with van der Waals surface area (Å²) in [4.78, 5) is 0. The van der Waals surface area contributed by atoms with Crippen molar-refractivity contribution in [2.24, 2.45) is 0 Å². The van der Waals surface area contributed by atoms with Gasteiger partial charge in [0.1, 0.15) is 0 Å². The lowest BCUT2D eigenvalue weighted by Crippen LogP contribution is -2.67. The number of hydrogen-bond donors (Lipinski definition) is 0. The first-order valence-corrected chi connectivity index (χ1v) is 8.05. The smallest absolute Gasteiger partial charge is 0.205 e. The number of sulfonamides is 1. The molecule has 1 aliphatic heterocycles. The van der Waals surface area contributed by atoms with E-state index in [9.17, 15) is 34.8 Å². The van der Waals surface area contributed by atoms with Crippen LogP contribution in [0, 0.1) is 0 Å². The van der Waals surface area contributed by atoms with Crippen LogP contribution in [0.15, 0.2) is 0 Å². The van der Waals surface area contributed by atoms with Gasteiger partial charge in [0.25, 0.3) is 10.0 Å². The van der Waals surface area contributed by atoms with Gasteiger partial charge in [-0.1, -0.05) is 0 Å².